The summed E-state index contributed by atoms with van der Waals surface area (Å²) >= 11 is 0. The number of carbonyl (C=O) groups is 1. The van der Waals surface area contributed by atoms with Crippen LogP contribution in [0.4, 0.5) is 5.82 Å². The van der Waals surface area contributed by atoms with Gasteiger partial charge in [-0.15, -0.1) is 0 Å². The third-order valence-corrected chi connectivity index (χ3v) is 6.60. The number of ether oxygens (including phenoxy) is 3. The van der Waals surface area contributed by atoms with Crippen molar-refractivity contribution in [1.29, 1.82) is 0 Å². The van der Waals surface area contributed by atoms with Crippen LogP contribution in [0.2, 0.25) is 0 Å². The second-order valence-electron chi connectivity index (χ2n) is 8.82. The summed E-state index contributed by atoms with van der Waals surface area (Å²) in [5.41, 5.74) is 1.17. The second kappa shape index (κ2) is 9.03. The van der Waals surface area contributed by atoms with Crippen molar-refractivity contribution in [3.05, 3.63) is 42.2 Å². The van der Waals surface area contributed by atoms with Gasteiger partial charge in [-0.3, -0.25) is 4.79 Å². The number of aromatic nitrogens is 2. The molecule has 170 valence electrons. The highest BCUT2D eigenvalue weighted by molar-refractivity contribution is 5.80. The van der Waals surface area contributed by atoms with Gasteiger partial charge in [0.25, 0.3) is 5.88 Å². The van der Waals surface area contributed by atoms with E-state index in [1.54, 1.807) is 12.4 Å². The summed E-state index contributed by atoms with van der Waals surface area (Å²) in [6, 6.07) is 7.87. The maximum Gasteiger partial charge on any atom is 0.263 e. The molecular weight excluding hydrogens is 408 g/mol. The molecule has 0 N–H and O–H groups in total. The molecule has 0 aliphatic carbocycles. The number of hydrogen-bond acceptors (Lipinski definition) is 7. The predicted molar refractivity (Wildman–Crippen MR) is 119 cm³/mol. The Kier molecular flexibility index (Phi) is 5.97. The fourth-order valence-electron chi connectivity index (χ4n) is 4.81. The molecule has 8 nitrogen and oxygen atoms in total. The van der Waals surface area contributed by atoms with Gasteiger partial charge in [-0.1, -0.05) is 17.7 Å². The molecule has 1 aromatic heterocycles. The lowest BCUT2D eigenvalue weighted by molar-refractivity contribution is -0.188. The minimum atomic E-state index is -0.461. The number of benzene rings is 1. The van der Waals surface area contributed by atoms with E-state index in [4.69, 9.17) is 14.2 Å². The molecule has 0 radical (unpaired) electrons. The van der Waals surface area contributed by atoms with Crippen molar-refractivity contribution in [2.45, 2.75) is 38.4 Å². The molecule has 1 unspecified atom stereocenters. The maximum atomic E-state index is 13.3. The quantitative estimate of drug-likeness (QED) is 0.726. The SMILES string of the molecule is Cc1ccc(Oc2nccnc2N2CCCC(C(=O)N3CCC4(CC3)OCCO4)C2)cc1. The van der Waals surface area contributed by atoms with E-state index in [-0.39, 0.29) is 11.8 Å². The monoisotopic (exact) mass is 438 g/mol. The van der Waals surface area contributed by atoms with Crippen molar-refractivity contribution >= 4 is 11.7 Å². The molecule has 1 amide bonds. The molecule has 3 aliphatic rings. The molecule has 4 heterocycles. The average Bonchev–Trinajstić information content (AvgIpc) is 3.29. The van der Waals surface area contributed by atoms with E-state index in [1.165, 1.54) is 5.56 Å². The smallest absolute Gasteiger partial charge is 0.263 e. The number of carbonyl (C=O) groups excluding carboxylic acids is 1. The number of hydrogen-bond donors (Lipinski definition) is 0. The molecule has 0 saturated carbocycles. The van der Waals surface area contributed by atoms with Crippen molar-refractivity contribution in [3.8, 4) is 11.6 Å². The number of rotatable bonds is 4. The number of nitrogens with zero attached hydrogens (tertiary/aromatic N) is 4. The Hall–Kier alpha value is -2.71. The molecule has 1 spiro atoms. The van der Waals surface area contributed by atoms with Gasteiger partial charge in [-0.25, -0.2) is 9.97 Å². The van der Waals surface area contributed by atoms with Gasteiger partial charge in [0, 0.05) is 51.4 Å². The topological polar surface area (TPSA) is 77.0 Å². The minimum absolute atomic E-state index is 0.0579. The first-order valence-electron chi connectivity index (χ1n) is 11.5. The lowest BCUT2D eigenvalue weighted by Crippen LogP contribution is -2.51. The third kappa shape index (κ3) is 4.42. The third-order valence-electron chi connectivity index (χ3n) is 6.60. The Morgan fingerprint density at radius 3 is 2.53 bits per heavy atom. The van der Waals surface area contributed by atoms with Crippen LogP contribution in [0, 0.1) is 12.8 Å². The van der Waals surface area contributed by atoms with Crippen LogP contribution in [0.15, 0.2) is 36.7 Å². The Bertz CT molecular complexity index is 935. The first-order valence-corrected chi connectivity index (χ1v) is 11.5. The van der Waals surface area contributed by atoms with Gasteiger partial charge in [-0.2, -0.15) is 0 Å². The fraction of sp³-hybridized carbons (Fsp3) is 0.542. The fourth-order valence-corrected chi connectivity index (χ4v) is 4.81. The highest BCUT2D eigenvalue weighted by atomic mass is 16.7. The molecule has 3 aliphatic heterocycles. The van der Waals surface area contributed by atoms with Crippen molar-refractivity contribution in [1.82, 2.24) is 14.9 Å². The summed E-state index contributed by atoms with van der Waals surface area (Å²) in [7, 11) is 0. The van der Waals surface area contributed by atoms with Gasteiger partial charge in [0.15, 0.2) is 11.6 Å². The highest BCUT2D eigenvalue weighted by Gasteiger charge is 2.42. The van der Waals surface area contributed by atoms with Crippen molar-refractivity contribution in [3.63, 3.8) is 0 Å². The summed E-state index contributed by atoms with van der Waals surface area (Å²) in [6.07, 6.45) is 6.62. The molecule has 5 rings (SSSR count). The molecule has 32 heavy (non-hydrogen) atoms. The predicted octanol–water partition coefficient (Wildman–Crippen LogP) is 3.16. The van der Waals surface area contributed by atoms with Crippen LogP contribution < -0.4 is 9.64 Å². The van der Waals surface area contributed by atoms with E-state index in [9.17, 15) is 4.79 Å². The van der Waals surface area contributed by atoms with Crippen LogP contribution in [-0.2, 0) is 14.3 Å². The number of piperidine rings is 2. The van der Waals surface area contributed by atoms with E-state index in [1.807, 2.05) is 36.1 Å². The van der Waals surface area contributed by atoms with E-state index in [2.05, 4.69) is 14.9 Å². The van der Waals surface area contributed by atoms with Crippen LogP contribution in [0.3, 0.4) is 0 Å². The minimum Gasteiger partial charge on any atom is -0.436 e. The van der Waals surface area contributed by atoms with Gasteiger partial charge in [0.1, 0.15) is 5.75 Å². The van der Waals surface area contributed by atoms with E-state index in [0.29, 0.717) is 44.5 Å². The van der Waals surface area contributed by atoms with E-state index >= 15 is 0 Å². The van der Waals surface area contributed by atoms with Crippen molar-refractivity contribution in [2.75, 3.05) is 44.3 Å². The Morgan fingerprint density at radius 1 is 1.06 bits per heavy atom. The van der Waals surface area contributed by atoms with Crippen LogP contribution in [0.5, 0.6) is 11.6 Å². The van der Waals surface area contributed by atoms with Crippen LogP contribution in [0.25, 0.3) is 0 Å². The zero-order chi connectivity index (χ0) is 22.0. The Balaban J connectivity index is 1.25. The second-order valence-corrected chi connectivity index (χ2v) is 8.82. The summed E-state index contributed by atoms with van der Waals surface area (Å²) in [4.78, 5) is 26.4. The van der Waals surface area contributed by atoms with Gasteiger partial charge in [0.2, 0.25) is 5.91 Å². The standard InChI is InChI=1S/C24H30N4O4/c1-18-4-6-20(7-5-18)32-22-21(25-10-11-26-22)28-12-2-3-19(17-28)23(29)27-13-8-24(9-14-27)30-15-16-31-24/h4-7,10-11,19H,2-3,8-9,12-17H2,1H3. The first kappa shape index (κ1) is 21.2. The molecule has 1 aromatic carbocycles. The summed E-state index contributed by atoms with van der Waals surface area (Å²) in [5.74, 6) is 1.58. The maximum absolute atomic E-state index is 13.3. The van der Waals surface area contributed by atoms with Crippen molar-refractivity contribution < 1.29 is 19.0 Å². The highest BCUT2D eigenvalue weighted by Crippen LogP contribution is 2.34. The summed E-state index contributed by atoms with van der Waals surface area (Å²) in [5, 5.41) is 0. The van der Waals surface area contributed by atoms with Gasteiger partial charge < -0.3 is 24.0 Å². The lowest BCUT2D eigenvalue weighted by atomic mass is 9.94. The molecule has 3 saturated heterocycles. The number of amides is 1. The zero-order valence-electron chi connectivity index (χ0n) is 18.5. The molecule has 2 aromatic rings. The molecule has 1 atom stereocenters. The van der Waals surface area contributed by atoms with Crippen LogP contribution in [-0.4, -0.2) is 66.0 Å². The van der Waals surface area contributed by atoms with E-state index < -0.39 is 5.79 Å². The molecule has 0 bridgehead atoms. The molecule has 8 heteroatoms. The molecule has 3 fully saturated rings. The normalized spacial score (nSPS) is 22.8. The van der Waals surface area contributed by atoms with E-state index in [0.717, 1.165) is 38.0 Å². The summed E-state index contributed by atoms with van der Waals surface area (Å²) in [6.45, 7) is 6.16. The molecular formula is C24H30N4O4. The Labute approximate surface area is 188 Å². The van der Waals surface area contributed by atoms with Crippen LogP contribution >= 0.6 is 0 Å². The lowest BCUT2D eigenvalue weighted by Gasteiger charge is -2.40. The van der Waals surface area contributed by atoms with Gasteiger partial charge in [-0.05, 0) is 31.9 Å². The largest absolute Gasteiger partial charge is 0.436 e. The average molecular weight is 439 g/mol. The summed E-state index contributed by atoms with van der Waals surface area (Å²) < 4.78 is 17.6. The van der Waals surface area contributed by atoms with Crippen molar-refractivity contribution in [2.24, 2.45) is 5.92 Å². The number of aryl methyl sites for hydroxylation is 1. The number of likely N-dealkylation sites (tertiary alicyclic amines) is 1. The Morgan fingerprint density at radius 2 is 1.78 bits per heavy atom. The zero-order valence-corrected chi connectivity index (χ0v) is 18.5. The number of anilines is 1. The van der Waals surface area contributed by atoms with Crippen LogP contribution in [0.1, 0.15) is 31.2 Å². The van der Waals surface area contributed by atoms with Gasteiger partial charge >= 0.3 is 0 Å². The first-order chi connectivity index (χ1) is 15.6. The van der Waals surface area contributed by atoms with Gasteiger partial charge in [0.05, 0.1) is 19.1 Å².